The van der Waals surface area contributed by atoms with Crippen LogP contribution in [0.25, 0.3) is 11.0 Å². The van der Waals surface area contributed by atoms with E-state index in [4.69, 9.17) is 9.15 Å². The summed E-state index contributed by atoms with van der Waals surface area (Å²) in [7, 11) is 0.790. The van der Waals surface area contributed by atoms with Crippen LogP contribution in [0.1, 0.15) is 22.3 Å². The second kappa shape index (κ2) is 9.01. The maximum atomic E-state index is 12.8. The molecule has 3 rings (SSSR count). The Balaban J connectivity index is 1.98. The van der Waals surface area contributed by atoms with E-state index in [0.717, 1.165) is 11.1 Å². The van der Waals surface area contributed by atoms with Crippen LogP contribution in [0.4, 0.5) is 10.5 Å². The van der Waals surface area contributed by atoms with Crippen molar-refractivity contribution in [2.75, 3.05) is 25.9 Å². The molecule has 0 aliphatic heterocycles. The van der Waals surface area contributed by atoms with Gasteiger partial charge in [-0.2, -0.15) is 8.42 Å². The fraction of sp³-hybridized carbons (Fsp3) is 0.273. The van der Waals surface area contributed by atoms with E-state index in [1.165, 1.54) is 18.0 Å². The van der Waals surface area contributed by atoms with Crippen LogP contribution in [0.15, 0.2) is 45.6 Å². The predicted molar refractivity (Wildman–Crippen MR) is 123 cm³/mol. The van der Waals surface area contributed by atoms with E-state index in [2.05, 4.69) is 9.44 Å². The molecular formula is C22H25N3O6S. The van der Waals surface area contributed by atoms with Gasteiger partial charge in [0.15, 0.2) is 0 Å². The molecule has 2 N–H and O–H groups in total. The monoisotopic (exact) mass is 459 g/mol. The van der Waals surface area contributed by atoms with Gasteiger partial charge in [-0.3, -0.25) is 4.72 Å². The first kappa shape index (κ1) is 23.3. The summed E-state index contributed by atoms with van der Waals surface area (Å²) < 4.78 is 39.1. The summed E-state index contributed by atoms with van der Waals surface area (Å²) in [5, 5.41) is 0.717. The Morgan fingerprint density at radius 1 is 1.12 bits per heavy atom. The van der Waals surface area contributed by atoms with Gasteiger partial charge < -0.3 is 14.1 Å². The number of benzene rings is 2. The van der Waals surface area contributed by atoms with E-state index in [1.54, 1.807) is 45.3 Å². The highest BCUT2D eigenvalue weighted by molar-refractivity contribution is 7.90. The molecule has 9 nitrogen and oxygen atoms in total. The average molecular weight is 460 g/mol. The second-order valence-electron chi connectivity index (χ2n) is 7.49. The Hall–Kier alpha value is -3.37. The van der Waals surface area contributed by atoms with Crippen LogP contribution in [0.5, 0.6) is 5.75 Å². The molecular weight excluding hydrogens is 434 g/mol. The topological polar surface area (TPSA) is 118 Å². The zero-order valence-corrected chi connectivity index (χ0v) is 19.3. The van der Waals surface area contributed by atoms with Crippen molar-refractivity contribution >= 4 is 33.0 Å². The summed E-state index contributed by atoms with van der Waals surface area (Å²) in [5.74, 6) is 0.270. The molecule has 0 aliphatic carbocycles. The van der Waals surface area contributed by atoms with Crippen LogP contribution in [0, 0.1) is 13.8 Å². The second-order valence-corrected chi connectivity index (χ2v) is 9.11. The van der Waals surface area contributed by atoms with Crippen LogP contribution < -0.4 is 19.8 Å². The Morgan fingerprint density at radius 3 is 2.50 bits per heavy atom. The van der Waals surface area contributed by atoms with E-state index < -0.39 is 21.9 Å². The van der Waals surface area contributed by atoms with Gasteiger partial charge in [-0.25, -0.2) is 14.3 Å². The van der Waals surface area contributed by atoms with Gasteiger partial charge >= 0.3 is 11.7 Å². The molecule has 0 saturated heterocycles. The lowest BCUT2D eigenvalue weighted by molar-refractivity contribution is 0.172. The van der Waals surface area contributed by atoms with Crippen molar-refractivity contribution in [2.45, 2.75) is 20.3 Å². The molecule has 0 fully saturated rings. The fourth-order valence-corrected chi connectivity index (χ4v) is 3.82. The normalized spacial score (nSPS) is 11.4. The first-order valence-electron chi connectivity index (χ1n) is 9.77. The number of carbonyl (C=O) groups is 1. The first-order valence-corrected chi connectivity index (χ1v) is 11.3. The molecule has 0 atom stereocenters. The van der Waals surface area contributed by atoms with E-state index in [-0.39, 0.29) is 12.2 Å². The Labute approximate surface area is 186 Å². The lowest BCUT2D eigenvalue weighted by Gasteiger charge is -2.14. The third-order valence-corrected chi connectivity index (χ3v) is 6.18. The van der Waals surface area contributed by atoms with Gasteiger partial charge in [0.05, 0.1) is 5.69 Å². The molecule has 0 aliphatic rings. The van der Waals surface area contributed by atoms with E-state index in [9.17, 15) is 18.0 Å². The minimum absolute atomic E-state index is 0.266. The molecule has 0 spiro atoms. The quantitative estimate of drug-likeness (QED) is 0.547. The molecule has 3 aromatic rings. The van der Waals surface area contributed by atoms with E-state index in [1.807, 2.05) is 13.0 Å². The number of nitrogens with zero attached hydrogens (tertiary/aromatic N) is 1. The van der Waals surface area contributed by atoms with Crippen molar-refractivity contribution < 1.29 is 22.4 Å². The third kappa shape index (κ3) is 4.92. The number of aryl methyl sites for hydroxylation is 1. The van der Waals surface area contributed by atoms with Crippen LogP contribution in [0.2, 0.25) is 0 Å². The number of ether oxygens (including phenoxy) is 1. The predicted octanol–water partition coefficient (Wildman–Crippen LogP) is 2.94. The van der Waals surface area contributed by atoms with Crippen molar-refractivity contribution in [1.82, 2.24) is 9.62 Å². The summed E-state index contributed by atoms with van der Waals surface area (Å²) in [6.07, 6.45) is -0.271. The van der Waals surface area contributed by atoms with Crippen LogP contribution >= 0.6 is 0 Å². The molecule has 0 bridgehead atoms. The number of nitrogens with one attached hydrogen (secondary N) is 2. The van der Waals surface area contributed by atoms with Crippen molar-refractivity contribution in [2.24, 2.45) is 0 Å². The first-order chi connectivity index (χ1) is 15.0. The van der Waals surface area contributed by atoms with Crippen LogP contribution in [-0.4, -0.2) is 40.6 Å². The van der Waals surface area contributed by atoms with Gasteiger partial charge in [-0.05, 0) is 48.7 Å². The van der Waals surface area contributed by atoms with Gasteiger partial charge in [0.2, 0.25) is 0 Å². The molecule has 10 heteroatoms. The summed E-state index contributed by atoms with van der Waals surface area (Å²) >= 11 is 0. The van der Waals surface area contributed by atoms with Gasteiger partial charge in [-0.1, -0.05) is 12.1 Å². The standard InChI is InChI=1S/C22H25N3O6S/c1-13-15(7-6-8-19(13)24-32(28,29)23-3)11-18-14(2)17-10-9-16(30-22(27)25(4)5)12-20(17)31-21(18)26/h6-10,12,23-24H,11H2,1-5H3. The van der Waals surface area contributed by atoms with Crippen molar-refractivity contribution in [3.05, 3.63) is 69.1 Å². The van der Waals surface area contributed by atoms with Gasteiger partial charge in [0.1, 0.15) is 11.3 Å². The van der Waals surface area contributed by atoms with Gasteiger partial charge in [0, 0.05) is 44.6 Å². The molecule has 0 unspecified atom stereocenters. The minimum Gasteiger partial charge on any atom is -0.422 e. The van der Waals surface area contributed by atoms with Gasteiger partial charge in [0.25, 0.3) is 10.2 Å². The molecule has 1 amide bonds. The molecule has 2 aromatic carbocycles. The van der Waals surface area contributed by atoms with Crippen LogP contribution in [0.3, 0.4) is 0 Å². The molecule has 0 radical (unpaired) electrons. The number of amides is 1. The summed E-state index contributed by atoms with van der Waals surface area (Å²) in [6.45, 7) is 3.61. The number of hydrogen-bond donors (Lipinski definition) is 2. The lowest BCUT2D eigenvalue weighted by atomic mass is 9.96. The van der Waals surface area contributed by atoms with Crippen molar-refractivity contribution in [1.29, 1.82) is 0 Å². The molecule has 1 heterocycles. The molecule has 32 heavy (non-hydrogen) atoms. The number of fused-ring (bicyclic) bond motifs is 1. The third-order valence-electron chi connectivity index (χ3n) is 5.16. The SMILES string of the molecule is CNS(=O)(=O)Nc1cccc(Cc2c(C)c3ccc(OC(=O)N(C)C)cc3oc2=O)c1C. The highest BCUT2D eigenvalue weighted by Gasteiger charge is 2.17. The maximum Gasteiger partial charge on any atom is 0.414 e. The summed E-state index contributed by atoms with van der Waals surface area (Å²) in [4.78, 5) is 25.8. The summed E-state index contributed by atoms with van der Waals surface area (Å²) in [5.41, 5.74) is 2.92. The lowest BCUT2D eigenvalue weighted by Crippen LogP contribution is -2.26. The Morgan fingerprint density at radius 2 is 1.84 bits per heavy atom. The largest absolute Gasteiger partial charge is 0.422 e. The Bertz CT molecular complexity index is 1350. The smallest absolute Gasteiger partial charge is 0.414 e. The van der Waals surface area contributed by atoms with Crippen LogP contribution in [-0.2, 0) is 16.6 Å². The molecule has 0 saturated carbocycles. The maximum absolute atomic E-state index is 12.8. The number of carbonyl (C=O) groups excluding carboxylic acids is 1. The zero-order valence-electron chi connectivity index (χ0n) is 18.5. The number of anilines is 1. The zero-order chi connectivity index (χ0) is 23.6. The molecule has 1 aromatic heterocycles. The van der Waals surface area contributed by atoms with E-state index >= 15 is 0 Å². The summed E-state index contributed by atoms with van der Waals surface area (Å²) in [6, 6.07) is 10.1. The Kier molecular flexibility index (Phi) is 6.56. The van der Waals surface area contributed by atoms with Crippen molar-refractivity contribution in [3.63, 3.8) is 0 Å². The number of rotatable bonds is 6. The minimum atomic E-state index is -3.67. The van der Waals surface area contributed by atoms with Crippen molar-refractivity contribution in [3.8, 4) is 5.75 Å². The number of hydrogen-bond acceptors (Lipinski definition) is 6. The highest BCUT2D eigenvalue weighted by atomic mass is 32.2. The fourth-order valence-electron chi connectivity index (χ4n) is 3.21. The highest BCUT2D eigenvalue weighted by Crippen LogP contribution is 2.27. The van der Waals surface area contributed by atoms with Gasteiger partial charge in [-0.15, -0.1) is 0 Å². The van der Waals surface area contributed by atoms with E-state index in [0.29, 0.717) is 27.8 Å². The average Bonchev–Trinajstić information content (AvgIpc) is 2.73. The molecule has 170 valence electrons.